The van der Waals surface area contributed by atoms with Gasteiger partial charge in [-0.15, -0.1) is 16.9 Å². The van der Waals surface area contributed by atoms with Crippen molar-refractivity contribution in [3.8, 4) is 0 Å². The van der Waals surface area contributed by atoms with E-state index in [2.05, 4.69) is 5.32 Å². The molecule has 4 rings (SSSR count). The van der Waals surface area contributed by atoms with Crippen LogP contribution in [0.15, 0.2) is 72.8 Å². The highest BCUT2D eigenvalue weighted by Gasteiger charge is 2.41. The molecule has 0 heterocycles. The van der Waals surface area contributed by atoms with Crippen molar-refractivity contribution < 1.29 is 37.7 Å². The quantitative estimate of drug-likeness (QED) is 0.0415. The van der Waals surface area contributed by atoms with Crippen molar-refractivity contribution in [3.63, 3.8) is 0 Å². The maximum atomic E-state index is 14.5. The normalized spacial score (nSPS) is 15.4. The summed E-state index contributed by atoms with van der Waals surface area (Å²) in [5.74, 6) is -2.21. The summed E-state index contributed by atoms with van der Waals surface area (Å²) in [5, 5.41) is 4.82. The third-order valence-corrected chi connectivity index (χ3v) is 11.5. The lowest BCUT2D eigenvalue weighted by Gasteiger charge is -2.32. The summed E-state index contributed by atoms with van der Waals surface area (Å²) in [6.07, 6.45) is 4.90. The van der Waals surface area contributed by atoms with Gasteiger partial charge in [-0.3, -0.25) is 14.4 Å². The number of amides is 3. The van der Waals surface area contributed by atoms with Crippen LogP contribution < -0.4 is 16.8 Å². The Balaban J connectivity index is 0.00000870. The first-order chi connectivity index (χ1) is 27.0. The van der Waals surface area contributed by atoms with Crippen LogP contribution in [0.4, 0.5) is 4.79 Å². The van der Waals surface area contributed by atoms with Crippen molar-refractivity contribution >= 4 is 55.1 Å². The van der Waals surface area contributed by atoms with Crippen molar-refractivity contribution in [2.75, 3.05) is 19.8 Å². The first-order valence-electron chi connectivity index (χ1n) is 20.0. The number of imide groups is 1. The first kappa shape index (κ1) is 47.4. The van der Waals surface area contributed by atoms with Gasteiger partial charge in [0.05, 0.1) is 13.2 Å². The summed E-state index contributed by atoms with van der Waals surface area (Å²) in [6.45, 7) is 4.14. The maximum absolute atomic E-state index is 14.5. The average Bonchev–Trinajstić information content (AvgIpc) is 3.19. The molecular formula is C43H61ClN4O8P+. The number of nitrogens with zero attached hydrogens (tertiary/aromatic N) is 1. The van der Waals surface area contributed by atoms with Crippen LogP contribution in [0.5, 0.6) is 0 Å². The summed E-state index contributed by atoms with van der Waals surface area (Å²) in [6, 6.07) is 20.0. The Hall–Kier alpha value is -3.93. The SMILES string of the molecule is COC(=O)C(CC(C)C)C[P+](=O)OC(CC1CCCCC1)NC(=O)[C@H](CCCCN)N(C(=O)OCc1ccccc1)C(=O)C(N)Cc1cccc2ccccc12.Cl. The monoisotopic (exact) mass is 827 g/mol. The molecule has 5 N–H and O–H groups in total. The molecule has 0 saturated heterocycles. The number of esters is 1. The first-order valence-corrected chi connectivity index (χ1v) is 21.3. The van der Waals surface area contributed by atoms with Crippen molar-refractivity contribution in [2.45, 2.75) is 109 Å². The molecular weight excluding hydrogens is 767 g/mol. The Kier molecular flexibility index (Phi) is 20.6. The molecule has 3 aromatic carbocycles. The molecule has 3 aromatic rings. The minimum atomic E-state index is -2.42. The number of rotatable bonds is 21. The van der Waals surface area contributed by atoms with Gasteiger partial charge in [-0.1, -0.05) is 119 Å². The van der Waals surface area contributed by atoms with Crippen LogP contribution in [-0.4, -0.2) is 66.9 Å². The second-order valence-corrected chi connectivity index (χ2v) is 16.4. The van der Waals surface area contributed by atoms with E-state index in [-0.39, 0.29) is 49.9 Å². The van der Waals surface area contributed by atoms with Crippen molar-refractivity contribution in [1.82, 2.24) is 10.2 Å². The number of benzene rings is 3. The van der Waals surface area contributed by atoms with Gasteiger partial charge in [0, 0.05) is 0 Å². The van der Waals surface area contributed by atoms with E-state index in [0.29, 0.717) is 37.8 Å². The zero-order valence-corrected chi connectivity index (χ0v) is 35.2. The molecule has 0 bridgehead atoms. The van der Waals surface area contributed by atoms with E-state index in [4.69, 9.17) is 25.5 Å². The van der Waals surface area contributed by atoms with Gasteiger partial charge in [0.1, 0.15) is 18.6 Å². The number of hydrogen-bond acceptors (Lipinski definition) is 10. The maximum Gasteiger partial charge on any atom is 0.511 e. The minimum Gasteiger partial charge on any atom is -0.469 e. The lowest BCUT2D eigenvalue weighted by molar-refractivity contribution is -0.145. The number of nitrogens with one attached hydrogen (secondary N) is 1. The van der Waals surface area contributed by atoms with E-state index in [1.54, 1.807) is 12.1 Å². The molecule has 1 aliphatic rings. The van der Waals surface area contributed by atoms with Crippen LogP contribution in [-0.2, 0) is 46.0 Å². The number of hydrogen-bond donors (Lipinski definition) is 3. The highest BCUT2D eigenvalue weighted by Crippen LogP contribution is 2.35. The van der Waals surface area contributed by atoms with E-state index >= 15 is 0 Å². The Bertz CT molecular complexity index is 1740. The molecule has 1 aliphatic carbocycles. The van der Waals surface area contributed by atoms with Gasteiger partial charge in [0.25, 0.3) is 0 Å². The van der Waals surface area contributed by atoms with Crippen LogP contribution in [0.1, 0.15) is 89.2 Å². The van der Waals surface area contributed by atoms with Crippen LogP contribution in [0.2, 0.25) is 0 Å². The fourth-order valence-electron chi connectivity index (χ4n) is 7.45. The Morgan fingerprint density at radius 3 is 2.30 bits per heavy atom. The van der Waals surface area contributed by atoms with E-state index in [0.717, 1.165) is 53.3 Å². The van der Waals surface area contributed by atoms with E-state index in [1.165, 1.54) is 7.11 Å². The predicted molar refractivity (Wildman–Crippen MR) is 225 cm³/mol. The topological polar surface area (TPSA) is 180 Å². The number of ether oxygens (including phenoxy) is 2. The molecule has 4 unspecified atom stereocenters. The van der Waals surface area contributed by atoms with Gasteiger partial charge < -0.3 is 26.3 Å². The van der Waals surface area contributed by atoms with E-state index in [9.17, 15) is 23.7 Å². The summed E-state index contributed by atoms with van der Waals surface area (Å²) >= 11 is 0. The number of carbonyl (C=O) groups excluding carboxylic acids is 4. The smallest absolute Gasteiger partial charge is 0.469 e. The van der Waals surface area contributed by atoms with Crippen LogP contribution >= 0.6 is 20.4 Å². The lowest BCUT2D eigenvalue weighted by atomic mass is 9.86. The highest BCUT2D eigenvalue weighted by molar-refractivity contribution is 7.39. The number of fused-ring (bicyclic) bond motifs is 1. The molecule has 57 heavy (non-hydrogen) atoms. The Morgan fingerprint density at radius 1 is 0.930 bits per heavy atom. The second-order valence-electron chi connectivity index (χ2n) is 15.2. The lowest BCUT2D eigenvalue weighted by Crippen LogP contribution is -2.58. The fraction of sp³-hybridized carbons (Fsp3) is 0.535. The predicted octanol–water partition coefficient (Wildman–Crippen LogP) is 7.80. The minimum absolute atomic E-state index is 0. The number of nitrogens with two attached hydrogens (primary N) is 2. The third-order valence-electron chi connectivity index (χ3n) is 10.3. The Morgan fingerprint density at radius 2 is 1.61 bits per heavy atom. The molecule has 3 amide bonds. The number of unbranched alkanes of at least 4 members (excludes halogenated alkanes) is 1. The van der Waals surface area contributed by atoms with Crippen molar-refractivity contribution in [3.05, 3.63) is 83.9 Å². The number of methoxy groups -OCH3 is 1. The summed E-state index contributed by atoms with van der Waals surface area (Å²) in [5.41, 5.74) is 14.0. The van der Waals surface area contributed by atoms with E-state index < -0.39 is 56.1 Å². The summed E-state index contributed by atoms with van der Waals surface area (Å²) in [4.78, 5) is 56.5. The van der Waals surface area contributed by atoms with Crippen LogP contribution in [0, 0.1) is 17.8 Å². The van der Waals surface area contributed by atoms with Crippen molar-refractivity contribution in [2.24, 2.45) is 29.2 Å². The van der Waals surface area contributed by atoms with Crippen molar-refractivity contribution in [1.29, 1.82) is 0 Å². The van der Waals surface area contributed by atoms with Gasteiger partial charge in [-0.2, -0.15) is 0 Å². The molecule has 1 fully saturated rings. The molecule has 0 spiro atoms. The molecule has 0 aromatic heterocycles. The fourth-order valence-corrected chi connectivity index (χ4v) is 8.61. The highest BCUT2D eigenvalue weighted by atomic mass is 35.5. The summed E-state index contributed by atoms with van der Waals surface area (Å²) < 4.78 is 30.4. The van der Waals surface area contributed by atoms with Gasteiger partial charge >= 0.3 is 20.1 Å². The van der Waals surface area contributed by atoms with Gasteiger partial charge in [-0.05, 0) is 83.4 Å². The van der Waals surface area contributed by atoms with Gasteiger partial charge in [-0.25, -0.2) is 9.69 Å². The third kappa shape index (κ3) is 15.1. The molecule has 12 nitrogen and oxygen atoms in total. The van der Waals surface area contributed by atoms with Crippen LogP contribution in [0.3, 0.4) is 0 Å². The summed E-state index contributed by atoms with van der Waals surface area (Å²) in [7, 11) is -1.12. The number of carbonyl (C=O) groups is 4. The van der Waals surface area contributed by atoms with Gasteiger partial charge in [0.15, 0.2) is 12.4 Å². The molecule has 0 aliphatic heterocycles. The largest absolute Gasteiger partial charge is 0.511 e. The van der Waals surface area contributed by atoms with Crippen LogP contribution in [0.25, 0.3) is 10.8 Å². The zero-order chi connectivity index (χ0) is 40.5. The number of halogens is 1. The molecule has 14 heteroatoms. The molecule has 5 atom stereocenters. The molecule has 312 valence electrons. The standard InChI is InChI=1S/C43H59N4O8P.ClH/c1-30(2)25-35(42(50)53-3)29-56(52)55-39(26-31-15-6-4-7-16-31)46-40(48)38(23-12-13-24-44)47(43(51)54-28-32-17-8-5-9-18-32)41(49)37(45)27-34-21-14-20-33-19-10-11-22-36(33)34;/h5,8-11,14,17-22,30-31,35,37-39H,4,6-7,12-13,15-16,23-29,44-45H2,1-3H3;1H/p+1/t35?,37?,38-,39?;/m0./s1. The van der Waals surface area contributed by atoms with E-state index in [1.807, 2.05) is 74.5 Å². The average molecular weight is 828 g/mol. The van der Waals surface area contributed by atoms with Gasteiger partial charge in [0.2, 0.25) is 11.8 Å². The molecule has 0 radical (unpaired) electrons. The molecule has 1 saturated carbocycles. The second kappa shape index (κ2) is 24.8. The zero-order valence-electron chi connectivity index (χ0n) is 33.5. The Labute approximate surface area is 344 Å².